The van der Waals surface area contributed by atoms with E-state index in [9.17, 15) is 22.8 Å². The van der Waals surface area contributed by atoms with Crippen molar-refractivity contribution in [2.45, 2.75) is 19.0 Å². The topological polar surface area (TPSA) is 84.1 Å². The van der Waals surface area contributed by atoms with E-state index in [1.165, 1.54) is 12.1 Å². The Labute approximate surface area is 140 Å². The van der Waals surface area contributed by atoms with Gasteiger partial charge in [0.15, 0.2) is 5.82 Å². The number of ether oxygens (including phenoxy) is 1. The molecule has 1 aliphatic heterocycles. The van der Waals surface area contributed by atoms with Crippen molar-refractivity contribution in [2.75, 3.05) is 12.4 Å². The number of hydrogen-bond acceptors (Lipinski definition) is 4. The minimum absolute atomic E-state index is 0.257. The fourth-order valence-electron chi connectivity index (χ4n) is 3.03. The van der Waals surface area contributed by atoms with Gasteiger partial charge in [-0.05, 0) is 24.6 Å². The summed E-state index contributed by atoms with van der Waals surface area (Å²) in [7, 11) is 1.15. The highest BCUT2D eigenvalue weighted by molar-refractivity contribution is 6.08. The highest BCUT2D eigenvalue weighted by Gasteiger charge is 2.44. The van der Waals surface area contributed by atoms with E-state index in [0.717, 1.165) is 19.2 Å². The number of fused-ring (bicyclic) bond motifs is 1. The second-order valence-electron chi connectivity index (χ2n) is 5.70. The Morgan fingerprint density at radius 1 is 1.24 bits per heavy atom. The summed E-state index contributed by atoms with van der Waals surface area (Å²) in [4.78, 5) is 24.5. The van der Waals surface area contributed by atoms with Crippen LogP contribution in [0.4, 0.5) is 19.0 Å². The van der Waals surface area contributed by atoms with E-state index in [1.54, 1.807) is 6.92 Å². The van der Waals surface area contributed by atoms with Crippen molar-refractivity contribution in [1.82, 2.24) is 10.2 Å². The molecule has 2 atom stereocenters. The van der Waals surface area contributed by atoms with Gasteiger partial charge in [-0.25, -0.2) is 0 Å². The molecule has 3 rings (SSSR count). The summed E-state index contributed by atoms with van der Waals surface area (Å²) in [6.07, 6.45) is -4.47. The van der Waals surface area contributed by atoms with Crippen LogP contribution >= 0.6 is 0 Å². The Bertz CT molecular complexity index is 827. The zero-order valence-electron chi connectivity index (χ0n) is 13.3. The molecular formula is C16H14F3N3O3. The fourth-order valence-corrected chi connectivity index (χ4v) is 3.03. The van der Waals surface area contributed by atoms with Crippen LogP contribution in [0.25, 0.3) is 0 Å². The first-order valence-electron chi connectivity index (χ1n) is 7.34. The number of aromatic amines is 1. The number of anilines is 1. The molecule has 1 aliphatic rings. The van der Waals surface area contributed by atoms with E-state index in [0.29, 0.717) is 16.8 Å². The van der Waals surface area contributed by atoms with E-state index >= 15 is 0 Å². The molecule has 6 nitrogen and oxygen atoms in total. The molecule has 2 N–H and O–H groups in total. The summed E-state index contributed by atoms with van der Waals surface area (Å²) in [6, 6.07) is 4.37. The van der Waals surface area contributed by atoms with Crippen LogP contribution in [0.2, 0.25) is 0 Å². The van der Waals surface area contributed by atoms with E-state index in [2.05, 4.69) is 15.5 Å². The summed E-state index contributed by atoms with van der Waals surface area (Å²) in [5, 5.41) is 9.20. The Kier molecular flexibility index (Phi) is 4.02. The van der Waals surface area contributed by atoms with Crippen LogP contribution in [-0.4, -0.2) is 29.2 Å². The van der Waals surface area contributed by atoms with Crippen molar-refractivity contribution in [3.8, 4) is 0 Å². The molecule has 132 valence electrons. The number of nitrogens with one attached hydrogen (secondary N) is 2. The van der Waals surface area contributed by atoms with Crippen molar-refractivity contribution in [3.05, 3.63) is 46.6 Å². The number of aromatic nitrogens is 2. The molecule has 0 radical (unpaired) electrons. The fraction of sp³-hybridized carbons (Fsp3) is 0.312. The van der Waals surface area contributed by atoms with E-state index in [1.807, 2.05) is 0 Å². The second-order valence-corrected chi connectivity index (χ2v) is 5.70. The monoisotopic (exact) mass is 353 g/mol. The summed E-state index contributed by atoms with van der Waals surface area (Å²) in [6.45, 7) is 1.70. The number of carbonyl (C=O) groups excluding carboxylic acids is 2. The zero-order valence-corrected chi connectivity index (χ0v) is 13.3. The predicted octanol–water partition coefficient (Wildman–Crippen LogP) is 2.61. The summed E-state index contributed by atoms with van der Waals surface area (Å²) >= 11 is 0. The van der Waals surface area contributed by atoms with Gasteiger partial charge in [-0.3, -0.25) is 14.7 Å². The van der Waals surface area contributed by atoms with Crippen molar-refractivity contribution < 1.29 is 27.5 Å². The molecule has 1 amide bonds. The molecule has 0 saturated carbocycles. The summed E-state index contributed by atoms with van der Waals surface area (Å²) in [5.41, 5.74) is 0.739. The number of alkyl halides is 3. The van der Waals surface area contributed by atoms with E-state index < -0.39 is 35.5 Å². The first-order valence-corrected chi connectivity index (χ1v) is 7.34. The lowest BCUT2D eigenvalue weighted by atomic mass is 9.77. The van der Waals surface area contributed by atoms with Gasteiger partial charge in [0.1, 0.15) is 5.92 Å². The smallest absolute Gasteiger partial charge is 0.416 e. The Hall–Kier alpha value is -2.84. The van der Waals surface area contributed by atoms with Gasteiger partial charge in [0.2, 0.25) is 5.91 Å². The lowest BCUT2D eigenvalue weighted by molar-refractivity contribution is -0.149. The summed E-state index contributed by atoms with van der Waals surface area (Å²) < 4.78 is 43.1. The normalized spacial score (nSPS) is 20.0. The maximum Gasteiger partial charge on any atom is 0.416 e. The predicted molar refractivity (Wildman–Crippen MR) is 80.7 cm³/mol. The average Bonchev–Trinajstić information content (AvgIpc) is 2.93. The first kappa shape index (κ1) is 17.0. The molecule has 0 spiro atoms. The average molecular weight is 353 g/mol. The highest BCUT2D eigenvalue weighted by Crippen LogP contribution is 2.42. The first-order chi connectivity index (χ1) is 11.7. The molecule has 1 aromatic carbocycles. The molecule has 0 bridgehead atoms. The largest absolute Gasteiger partial charge is 0.468 e. The number of rotatable bonds is 2. The Morgan fingerprint density at radius 2 is 1.88 bits per heavy atom. The lowest BCUT2D eigenvalue weighted by Gasteiger charge is -2.29. The number of esters is 1. The van der Waals surface area contributed by atoms with Crippen molar-refractivity contribution in [3.63, 3.8) is 0 Å². The molecule has 2 heterocycles. The Morgan fingerprint density at radius 3 is 2.44 bits per heavy atom. The number of carbonyl (C=O) groups is 2. The van der Waals surface area contributed by atoms with E-state index in [4.69, 9.17) is 4.74 Å². The van der Waals surface area contributed by atoms with Gasteiger partial charge in [-0.1, -0.05) is 12.1 Å². The third-order valence-electron chi connectivity index (χ3n) is 4.22. The number of amides is 1. The molecule has 1 aromatic heterocycles. The van der Waals surface area contributed by atoms with Crippen LogP contribution in [0.1, 0.15) is 28.3 Å². The quantitative estimate of drug-likeness (QED) is 0.642. The molecule has 2 unspecified atom stereocenters. The van der Waals surface area contributed by atoms with Gasteiger partial charge < -0.3 is 10.1 Å². The minimum atomic E-state index is -4.47. The van der Waals surface area contributed by atoms with Gasteiger partial charge in [0.05, 0.1) is 12.7 Å². The maximum absolute atomic E-state index is 12.8. The maximum atomic E-state index is 12.8. The SMILES string of the molecule is COC(=O)C1C(=O)Nc2n[nH]c(C)c2C1c1ccc(C(F)(F)F)cc1. The minimum Gasteiger partial charge on any atom is -0.468 e. The molecule has 0 fully saturated rings. The zero-order chi connectivity index (χ0) is 18.4. The van der Waals surface area contributed by atoms with Gasteiger partial charge in [-0.2, -0.15) is 18.3 Å². The number of benzene rings is 1. The van der Waals surface area contributed by atoms with Crippen LogP contribution in [0, 0.1) is 12.8 Å². The molecule has 9 heteroatoms. The number of methoxy groups -OCH3 is 1. The van der Waals surface area contributed by atoms with Crippen LogP contribution in [0.15, 0.2) is 24.3 Å². The van der Waals surface area contributed by atoms with Gasteiger partial charge in [0, 0.05) is 17.2 Å². The van der Waals surface area contributed by atoms with Gasteiger partial charge >= 0.3 is 12.1 Å². The number of nitrogens with zero attached hydrogens (tertiary/aromatic N) is 1. The van der Waals surface area contributed by atoms with Crippen molar-refractivity contribution in [1.29, 1.82) is 0 Å². The third kappa shape index (κ3) is 2.86. The standard InChI is InChI=1S/C16H14F3N3O3/c1-7-10-11(8-3-5-9(6-4-8)16(17,18)19)12(15(24)25-2)14(23)20-13(10)22-21-7/h3-6,11-12H,1-2H3,(H2,20,21,22,23). The van der Waals surface area contributed by atoms with Crippen LogP contribution in [0.5, 0.6) is 0 Å². The van der Waals surface area contributed by atoms with Gasteiger partial charge in [-0.15, -0.1) is 0 Å². The van der Waals surface area contributed by atoms with Gasteiger partial charge in [0.25, 0.3) is 0 Å². The van der Waals surface area contributed by atoms with Crippen LogP contribution in [0.3, 0.4) is 0 Å². The Balaban J connectivity index is 2.13. The number of H-pyrrole nitrogens is 1. The highest BCUT2D eigenvalue weighted by atomic mass is 19.4. The van der Waals surface area contributed by atoms with Crippen molar-refractivity contribution >= 4 is 17.7 Å². The molecule has 2 aromatic rings. The number of hydrogen-bond donors (Lipinski definition) is 2. The number of aryl methyl sites for hydroxylation is 1. The van der Waals surface area contributed by atoms with Crippen LogP contribution < -0.4 is 5.32 Å². The van der Waals surface area contributed by atoms with E-state index in [-0.39, 0.29) is 5.82 Å². The molecule has 0 saturated heterocycles. The van der Waals surface area contributed by atoms with Crippen molar-refractivity contribution in [2.24, 2.45) is 5.92 Å². The second kappa shape index (κ2) is 5.91. The van der Waals surface area contributed by atoms with Crippen LogP contribution in [-0.2, 0) is 20.5 Å². The lowest BCUT2D eigenvalue weighted by Crippen LogP contribution is -2.40. The molecule has 0 aliphatic carbocycles. The number of halogens is 3. The third-order valence-corrected chi connectivity index (χ3v) is 4.22. The molecular weight excluding hydrogens is 339 g/mol. The molecule has 25 heavy (non-hydrogen) atoms. The summed E-state index contributed by atoms with van der Waals surface area (Å²) in [5.74, 6) is -3.14.